The van der Waals surface area contributed by atoms with Crippen molar-refractivity contribution < 1.29 is 4.74 Å². The molecule has 0 amide bonds. The van der Waals surface area contributed by atoms with Gasteiger partial charge in [-0.1, -0.05) is 12.1 Å². The first kappa shape index (κ1) is 12.1. The van der Waals surface area contributed by atoms with Gasteiger partial charge in [-0.2, -0.15) is 0 Å². The van der Waals surface area contributed by atoms with E-state index in [2.05, 4.69) is 18.0 Å². The summed E-state index contributed by atoms with van der Waals surface area (Å²) in [4.78, 5) is 4.13. The Morgan fingerprint density at radius 2 is 2.05 bits per heavy atom. The fourth-order valence-electron chi connectivity index (χ4n) is 2.50. The van der Waals surface area contributed by atoms with Crippen LogP contribution in [-0.4, -0.2) is 17.3 Å². The molecule has 98 valence electrons. The molecule has 1 unspecified atom stereocenters. The van der Waals surface area contributed by atoms with Gasteiger partial charge in [0.1, 0.15) is 5.75 Å². The van der Waals surface area contributed by atoms with Gasteiger partial charge in [-0.3, -0.25) is 10.7 Å². The number of aryl methyl sites for hydroxylation is 1. The predicted octanol–water partition coefficient (Wildman–Crippen LogP) is 1.60. The Balaban J connectivity index is 2.14. The molecule has 4 nitrogen and oxygen atoms in total. The average molecular weight is 255 g/mol. The molecule has 0 aliphatic carbocycles. The highest BCUT2D eigenvalue weighted by Crippen LogP contribution is 2.35. The molecule has 19 heavy (non-hydrogen) atoms. The van der Waals surface area contributed by atoms with Crippen LogP contribution in [0.1, 0.15) is 11.1 Å². The Morgan fingerprint density at radius 3 is 2.84 bits per heavy atom. The third-order valence-corrected chi connectivity index (χ3v) is 3.57. The zero-order chi connectivity index (χ0) is 13.4. The van der Waals surface area contributed by atoms with E-state index in [9.17, 15) is 0 Å². The molecule has 4 N–H and O–H groups in total. The summed E-state index contributed by atoms with van der Waals surface area (Å²) in [5.74, 6) is 0.836. The van der Waals surface area contributed by atoms with Crippen molar-refractivity contribution in [3.05, 3.63) is 47.8 Å². The van der Waals surface area contributed by atoms with Crippen LogP contribution in [-0.2, 0) is 6.42 Å². The number of hydrogen-bond donors (Lipinski definition) is 2. The molecule has 1 aromatic heterocycles. The first-order valence-electron chi connectivity index (χ1n) is 6.37. The molecule has 0 saturated carbocycles. The van der Waals surface area contributed by atoms with E-state index in [1.165, 1.54) is 0 Å². The van der Waals surface area contributed by atoms with Crippen molar-refractivity contribution in [1.29, 1.82) is 0 Å². The lowest BCUT2D eigenvalue weighted by molar-refractivity contribution is 0.158. The highest BCUT2D eigenvalue weighted by molar-refractivity contribution is 5.72. The van der Waals surface area contributed by atoms with Gasteiger partial charge in [-0.05, 0) is 42.2 Å². The number of rotatable bonds is 1. The molecule has 0 fully saturated rings. The van der Waals surface area contributed by atoms with Crippen molar-refractivity contribution in [3.63, 3.8) is 0 Å². The second kappa shape index (κ2) is 4.64. The molecule has 1 aliphatic rings. The largest absolute Gasteiger partial charge is 0.474 e. The van der Waals surface area contributed by atoms with Crippen molar-refractivity contribution in [2.75, 3.05) is 0 Å². The summed E-state index contributed by atoms with van der Waals surface area (Å²) in [7, 11) is 0. The molecular weight excluding hydrogens is 238 g/mol. The van der Waals surface area contributed by atoms with E-state index in [0.29, 0.717) is 0 Å². The quantitative estimate of drug-likeness (QED) is 0.811. The smallest absolute Gasteiger partial charge is 0.163 e. The van der Waals surface area contributed by atoms with Gasteiger partial charge in [0.15, 0.2) is 6.23 Å². The van der Waals surface area contributed by atoms with Crippen molar-refractivity contribution >= 4 is 0 Å². The molecule has 3 rings (SSSR count). The summed E-state index contributed by atoms with van der Waals surface area (Å²) in [6.45, 7) is 2.05. The molecule has 2 aromatic rings. The molecular formula is C15H17N3O. The molecule has 2 heterocycles. The number of nitrogens with zero attached hydrogens (tertiary/aromatic N) is 1. The van der Waals surface area contributed by atoms with Gasteiger partial charge in [0, 0.05) is 18.0 Å². The Labute approximate surface area is 112 Å². The van der Waals surface area contributed by atoms with Gasteiger partial charge in [0.2, 0.25) is 0 Å². The number of nitrogens with two attached hydrogens (primary N) is 2. The van der Waals surface area contributed by atoms with Crippen molar-refractivity contribution in [1.82, 2.24) is 4.98 Å². The third kappa shape index (κ3) is 2.09. The number of aromatic nitrogens is 1. The van der Waals surface area contributed by atoms with E-state index in [1.807, 2.05) is 24.4 Å². The molecule has 1 aliphatic heterocycles. The standard InChI is InChI=1S/C15H17N3O/c1-9-8-18-6-5-10(9)11-3-2-4-14-12(11)7-13(16)15(17)19-14/h2-6,8,13,15H,7,16-17H2,1H3/t13-,15?/m0/s1. The van der Waals surface area contributed by atoms with Crippen LogP contribution in [0.2, 0.25) is 0 Å². The molecule has 0 bridgehead atoms. The SMILES string of the molecule is Cc1cnccc1-c1cccc2c1C[C@H](N)C(N)O2. The Hall–Kier alpha value is -1.91. The Bertz CT molecular complexity index is 612. The first-order chi connectivity index (χ1) is 9.16. The van der Waals surface area contributed by atoms with E-state index in [-0.39, 0.29) is 6.04 Å². The maximum Gasteiger partial charge on any atom is 0.163 e. The van der Waals surface area contributed by atoms with Gasteiger partial charge >= 0.3 is 0 Å². The molecule has 0 radical (unpaired) electrons. The molecule has 2 atom stereocenters. The number of ether oxygens (including phenoxy) is 1. The Kier molecular flexibility index (Phi) is 2.97. The summed E-state index contributed by atoms with van der Waals surface area (Å²) in [6, 6.07) is 7.87. The lowest BCUT2D eigenvalue weighted by Crippen LogP contribution is -2.49. The monoisotopic (exact) mass is 255 g/mol. The van der Waals surface area contributed by atoms with Crippen LogP contribution in [0.4, 0.5) is 0 Å². The van der Waals surface area contributed by atoms with E-state index in [1.54, 1.807) is 6.20 Å². The van der Waals surface area contributed by atoms with Gasteiger partial charge in [-0.25, -0.2) is 0 Å². The fraction of sp³-hybridized carbons (Fsp3) is 0.267. The van der Waals surface area contributed by atoms with E-state index in [0.717, 1.165) is 34.4 Å². The highest BCUT2D eigenvalue weighted by atomic mass is 16.5. The van der Waals surface area contributed by atoms with Crippen LogP contribution in [0.5, 0.6) is 5.75 Å². The van der Waals surface area contributed by atoms with Crippen LogP contribution in [0.15, 0.2) is 36.7 Å². The molecule has 0 saturated heterocycles. The van der Waals surface area contributed by atoms with Crippen LogP contribution in [0, 0.1) is 6.92 Å². The molecule has 4 heteroatoms. The minimum absolute atomic E-state index is 0.171. The van der Waals surface area contributed by atoms with E-state index >= 15 is 0 Å². The highest BCUT2D eigenvalue weighted by Gasteiger charge is 2.26. The summed E-state index contributed by atoms with van der Waals surface area (Å²) >= 11 is 0. The zero-order valence-electron chi connectivity index (χ0n) is 10.8. The maximum absolute atomic E-state index is 6.02. The van der Waals surface area contributed by atoms with Crippen LogP contribution < -0.4 is 16.2 Å². The molecule has 1 aromatic carbocycles. The number of fused-ring (bicyclic) bond motifs is 1. The van der Waals surface area contributed by atoms with Gasteiger partial charge in [0.25, 0.3) is 0 Å². The van der Waals surface area contributed by atoms with Crippen molar-refractivity contribution in [3.8, 4) is 16.9 Å². The lowest BCUT2D eigenvalue weighted by atomic mass is 9.91. The predicted molar refractivity (Wildman–Crippen MR) is 74.7 cm³/mol. The number of pyridine rings is 1. The lowest BCUT2D eigenvalue weighted by Gasteiger charge is -2.30. The van der Waals surface area contributed by atoms with E-state index < -0.39 is 6.23 Å². The van der Waals surface area contributed by atoms with Gasteiger partial charge < -0.3 is 10.5 Å². The van der Waals surface area contributed by atoms with E-state index in [4.69, 9.17) is 16.2 Å². The summed E-state index contributed by atoms with van der Waals surface area (Å²) in [6.07, 6.45) is 3.97. The van der Waals surface area contributed by atoms with Crippen LogP contribution in [0.3, 0.4) is 0 Å². The first-order valence-corrected chi connectivity index (χ1v) is 6.37. The van der Waals surface area contributed by atoms with Gasteiger partial charge in [0.05, 0.1) is 6.04 Å². The minimum Gasteiger partial charge on any atom is -0.474 e. The van der Waals surface area contributed by atoms with Crippen molar-refractivity contribution in [2.45, 2.75) is 25.6 Å². The third-order valence-electron chi connectivity index (χ3n) is 3.57. The van der Waals surface area contributed by atoms with Crippen LogP contribution >= 0.6 is 0 Å². The van der Waals surface area contributed by atoms with Gasteiger partial charge in [-0.15, -0.1) is 0 Å². The fourth-order valence-corrected chi connectivity index (χ4v) is 2.50. The summed E-state index contributed by atoms with van der Waals surface area (Å²) in [5, 5.41) is 0. The topological polar surface area (TPSA) is 74.2 Å². The average Bonchev–Trinajstić information content (AvgIpc) is 2.40. The van der Waals surface area contributed by atoms with Crippen LogP contribution in [0.25, 0.3) is 11.1 Å². The summed E-state index contributed by atoms with van der Waals surface area (Å²) < 4.78 is 5.68. The zero-order valence-corrected chi connectivity index (χ0v) is 10.8. The molecule has 0 spiro atoms. The van der Waals surface area contributed by atoms with Crippen molar-refractivity contribution in [2.24, 2.45) is 11.5 Å². The number of benzene rings is 1. The second-order valence-corrected chi connectivity index (χ2v) is 4.92. The second-order valence-electron chi connectivity index (χ2n) is 4.92. The minimum atomic E-state index is -0.429. The Morgan fingerprint density at radius 1 is 1.21 bits per heavy atom. The number of hydrogen-bond acceptors (Lipinski definition) is 4. The maximum atomic E-state index is 6.02. The summed E-state index contributed by atoms with van der Waals surface area (Å²) in [5.41, 5.74) is 16.5. The normalized spacial score (nSPS) is 21.6.